The zero-order chi connectivity index (χ0) is 12.1. The third kappa shape index (κ3) is 3.14. The third-order valence-corrected chi connectivity index (χ3v) is 3.45. The molecule has 2 heterocycles. The Labute approximate surface area is 105 Å². The van der Waals surface area contributed by atoms with E-state index in [1.54, 1.807) is 11.3 Å². The Morgan fingerprint density at radius 2 is 2.18 bits per heavy atom. The fourth-order valence-corrected chi connectivity index (χ4v) is 2.31. The van der Waals surface area contributed by atoms with Gasteiger partial charge in [0.1, 0.15) is 10.8 Å². The van der Waals surface area contributed by atoms with Crippen molar-refractivity contribution in [1.82, 2.24) is 15.5 Å². The summed E-state index contributed by atoms with van der Waals surface area (Å²) < 4.78 is 5.65. The number of hydrogen-bond acceptors (Lipinski definition) is 5. The van der Waals surface area contributed by atoms with Crippen LogP contribution < -0.4 is 5.32 Å². The fraction of sp³-hybridized carbons (Fsp3) is 0.500. The summed E-state index contributed by atoms with van der Waals surface area (Å²) in [5.41, 5.74) is 0. The first-order valence-electron chi connectivity index (χ1n) is 5.95. The minimum Gasteiger partial charge on any atom is -0.459 e. The third-order valence-electron chi connectivity index (χ3n) is 2.45. The first-order valence-corrected chi connectivity index (χ1v) is 6.77. The fourth-order valence-electron chi connectivity index (χ4n) is 1.51. The Balaban J connectivity index is 2.02. The number of likely N-dealkylation sites (N-methyl/N-ethyl adjacent to an activating group) is 1. The Hall–Kier alpha value is -1.20. The van der Waals surface area contributed by atoms with Gasteiger partial charge in [-0.15, -0.1) is 10.2 Å². The summed E-state index contributed by atoms with van der Waals surface area (Å²) in [6, 6.07) is 3.96. The molecule has 4 nitrogen and oxygen atoms in total. The average Bonchev–Trinajstić information content (AvgIpc) is 2.97. The molecule has 0 unspecified atom stereocenters. The van der Waals surface area contributed by atoms with E-state index in [0.29, 0.717) is 0 Å². The van der Waals surface area contributed by atoms with Crippen LogP contribution in [0.3, 0.4) is 0 Å². The number of aromatic nitrogens is 2. The number of furan rings is 1. The monoisotopic (exact) mass is 251 g/mol. The number of nitrogens with one attached hydrogen (secondary N) is 1. The van der Waals surface area contributed by atoms with Crippen LogP contribution in [0.15, 0.2) is 16.5 Å². The van der Waals surface area contributed by atoms with Crippen molar-refractivity contribution in [3.8, 4) is 10.8 Å². The molecule has 0 spiro atoms. The molecule has 5 heteroatoms. The molecular formula is C12H17N3OS. The van der Waals surface area contributed by atoms with Gasteiger partial charge in [0.2, 0.25) is 0 Å². The summed E-state index contributed by atoms with van der Waals surface area (Å²) in [6.07, 6.45) is 1.83. The van der Waals surface area contributed by atoms with Crippen molar-refractivity contribution >= 4 is 11.3 Å². The molecule has 0 atom stereocenters. The Kier molecular flexibility index (Phi) is 4.28. The van der Waals surface area contributed by atoms with Crippen molar-refractivity contribution in [3.05, 3.63) is 22.9 Å². The van der Waals surface area contributed by atoms with E-state index in [1.807, 2.05) is 12.1 Å². The Morgan fingerprint density at radius 1 is 1.29 bits per heavy atom. The minimum absolute atomic E-state index is 0.828. The van der Waals surface area contributed by atoms with Crippen LogP contribution in [0.1, 0.15) is 24.6 Å². The van der Waals surface area contributed by atoms with Crippen LogP contribution in [0.2, 0.25) is 0 Å². The quantitative estimate of drug-likeness (QED) is 0.801. The van der Waals surface area contributed by atoms with Crippen molar-refractivity contribution in [3.63, 3.8) is 0 Å². The number of rotatable bonds is 6. The molecule has 0 bridgehead atoms. The maximum absolute atomic E-state index is 5.65. The smallest absolute Gasteiger partial charge is 0.183 e. The number of aryl methyl sites for hydroxylation is 1. The van der Waals surface area contributed by atoms with Crippen molar-refractivity contribution in [2.45, 2.75) is 26.7 Å². The standard InChI is InChI=1S/C12H17N3OS/c1-3-9-5-6-10(16-9)12-15-14-11(17-12)7-8-13-4-2/h5-6,13H,3-4,7-8H2,1-2H3. The largest absolute Gasteiger partial charge is 0.459 e. The van der Waals surface area contributed by atoms with Gasteiger partial charge in [0.25, 0.3) is 0 Å². The van der Waals surface area contributed by atoms with Crippen LogP contribution in [0.25, 0.3) is 10.8 Å². The van der Waals surface area contributed by atoms with Gasteiger partial charge in [0.15, 0.2) is 10.8 Å². The molecule has 1 N–H and O–H groups in total. The van der Waals surface area contributed by atoms with E-state index < -0.39 is 0 Å². The highest BCUT2D eigenvalue weighted by molar-refractivity contribution is 7.14. The van der Waals surface area contributed by atoms with Crippen LogP contribution in [0.5, 0.6) is 0 Å². The number of nitrogens with zero attached hydrogens (tertiary/aromatic N) is 2. The average molecular weight is 251 g/mol. The van der Waals surface area contributed by atoms with Gasteiger partial charge in [-0.3, -0.25) is 0 Å². The highest BCUT2D eigenvalue weighted by Crippen LogP contribution is 2.25. The summed E-state index contributed by atoms with van der Waals surface area (Å²) in [7, 11) is 0. The summed E-state index contributed by atoms with van der Waals surface area (Å²) in [6.45, 7) is 6.11. The summed E-state index contributed by atoms with van der Waals surface area (Å²) in [5, 5.41) is 13.5. The van der Waals surface area contributed by atoms with Crippen LogP contribution in [0, 0.1) is 0 Å². The molecule has 0 radical (unpaired) electrons. The molecule has 17 heavy (non-hydrogen) atoms. The maximum atomic E-state index is 5.65. The van der Waals surface area contributed by atoms with E-state index in [9.17, 15) is 0 Å². The van der Waals surface area contributed by atoms with Gasteiger partial charge in [0.05, 0.1) is 0 Å². The van der Waals surface area contributed by atoms with Gasteiger partial charge in [-0.1, -0.05) is 25.2 Å². The SMILES string of the molecule is CCNCCc1nnc(-c2ccc(CC)o2)s1. The topological polar surface area (TPSA) is 51.0 Å². The van der Waals surface area contributed by atoms with Crippen molar-refractivity contribution in [2.24, 2.45) is 0 Å². The first kappa shape index (κ1) is 12.3. The van der Waals surface area contributed by atoms with Gasteiger partial charge < -0.3 is 9.73 Å². The van der Waals surface area contributed by atoms with Crippen LogP contribution in [0.4, 0.5) is 0 Å². The van der Waals surface area contributed by atoms with E-state index in [4.69, 9.17) is 4.42 Å². The molecule has 2 rings (SSSR count). The summed E-state index contributed by atoms with van der Waals surface area (Å²) in [4.78, 5) is 0. The zero-order valence-electron chi connectivity index (χ0n) is 10.2. The molecule has 0 aliphatic rings. The van der Waals surface area contributed by atoms with Crippen molar-refractivity contribution in [1.29, 1.82) is 0 Å². The van der Waals surface area contributed by atoms with Crippen LogP contribution >= 0.6 is 11.3 Å². The molecule has 2 aromatic rings. The summed E-state index contributed by atoms with van der Waals surface area (Å²) in [5.74, 6) is 1.82. The minimum atomic E-state index is 0.828. The lowest BCUT2D eigenvalue weighted by Crippen LogP contribution is -2.15. The van der Waals surface area contributed by atoms with Crippen LogP contribution in [-0.2, 0) is 12.8 Å². The second-order valence-corrected chi connectivity index (χ2v) is 4.79. The summed E-state index contributed by atoms with van der Waals surface area (Å²) >= 11 is 1.60. The number of hydrogen-bond donors (Lipinski definition) is 1. The van der Waals surface area contributed by atoms with E-state index >= 15 is 0 Å². The van der Waals surface area contributed by atoms with Crippen molar-refractivity contribution < 1.29 is 4.42 Å². The molecule has 92 valence electrons. The molecule has 0 fully saturated rings. The second kappa shape index (κ2) is 5.93. The first-order chi connectivity index (χ1) is 8.33. The van der Waals surface area contributed by atoms with Gasteiger partial charge in [-0.2, -0.15) is 0 Å². The van der Waals surface area contributed by atoms with Crippen LogP contribution in [-0.4, -0.2) is 23.3 Å². The second-order valence-electron chi connectivity index (χ2n) is 3.72. The normalized spacial score (nSPS) is 10.9. The van der Waals surface area contributed by atoms with E-state index in [0.717, 1.165) is 47.5 Å². The highest BCUT2D eigenvalue weighted by atomic mass is 32.1. The van der Waals surface area contributed by atoms with E-state index in [2.05, 4.69) is 29.4 Å². The Morgan fingerprint density at radius 3 is 2.88 bits per heavy atom. The zero-order valence-corrected chi connectivity index (χ0v) is 11.0. The highest BCUT2D eigenvalue weighted by Gasteiger charge is 2.10. The molecular weight excluding hydrogens is 234 g/mol. The van der Waals surface area contributed by atoms with Gasteiger partial charge in [0, 0.05) is 19.4 Å². The lowest BCUT2D eigenvalue weighted by Gasteiger charge is -1.95. The lowest BCUT2D eigenvalue weighted by molar-refractivity contribution is 0.528. The molecule has 0 saturated carbocycles. The van der Waals surface area contributed by atoms with Gasteiger partial charge in [-0.05, 0) is 18.7 Å². The van der Waals surface area contributed by atoms with E-state index in [1.165, 1.54) is 0 Å². The molecule has 2 aromatic heterocycles. The van der Waals surface area contributed by atoms with E-state index in [-0.39, 0.29) is 0 Å². The molecule has 0 aliphatic heterocycles. The lowest BCUT2D eigenvalue weighted by atomic mass is 10.4. The molecule has 0 aliphatic carbocycles. The Bertz CT molecular complexity index is 464. The molecule has 0 saturated heterocycles. The predicted octanol–water partition coefficient (Wildman–Crippen LogP) is 2.51. The predicted molar refractivity (Wildman–Crippen MR) is 69.2 cm³/mol. The van der Waals surface area contributed by atoms with Gasteiger partial charge >= 0.3 is 0 Å². The van der Waals surface area contributed by atoms with Gasteiger partial charge in [-0.25, -0.2) is 0 Å². The molecule has 0 amide bonds. The molecule has 0 aromatic carbocycles. The van der Waals surface area contributed by atoms with Crippen molar-refractivity contribution in [2.75, 3.05) is 13.1 Å². The maximum Gasteiger partial charge on any atom is 0.183 e.